The molecule has 6 nitrogen and oxygen atoms in total. The predicted octanol–water partition coefficient (Wildman–Crippen LogP) is 2.62. The minimum absolute atomic E-state index is 0.0946. The van der Waals surface area contributed by atoms with Crippen LogP contribution in [0.2, 0.25) is 0 Å². The van der Waals surface area contributed by atoms with Crippen molar-refractivity contribution in [1.82, 2.24) is 5.32 Å². The van der Waals surface area contributed by atoms with Crippen LogP contribution in [0.25, 0.3) is 0 Å². The first kappa shape index (κ1) is 17.2. The fourth-order valence-electron chi connectivity index (χ4n) is 2.16. The number of amides is 2. The highest BCUT2D eigenvalue weighted by atomic mass is 32.2. The second kappa shape index (κ2) is 7.41. The van der Waals surface area contributed by atoms with E-state index in [4.69, 9.17) is 0 Å². The van der Waals surface area contributed by atoms with Gasteiger partial charge in [-0.05, 0) is 51.0 Å². The summed E-state index contributed by atoms with van der Waals surface area (Å²) in [6.45, 7) is 7.59. The number of thioether (sulfide) groups is 1. The predicted molar refractivity (Wildman–Crippen MR) is 94.9 cm³/mol. The molecule has 0 saturated carbocycles. The highest BCUT2D eigenvalue weighted by Crippen LogP contribution is 2.23. The second-order valence-electron chi connectivity index (χ2n) is 5.68. The van der Waals surface area contributed by atoms with Crippen molar-refractivity contribution in [2.24, 2.45) is 10.2 Å². The molecule has 1 aliphatic heterocycles. The number of aryl methyl sites for hydroxylation is 2. The molecule has 0 radical (unpaired) electrons. The number of anilines is 1. The van der Waals surface area contributed by atoms with Crippen LogP contribution in [0.5, 0.6) is 0 Å². The average Bonchev–Trinajstić information content (AvgIpc) is 2.75. The van der Waals surface area contributed by atoms with Crippen LogP contribution in [0.15, 0.2) is 28.4 Å². The molecule has 1 saturated heterocycles. The summed E-state index contributed by atoms with van der Waals surface area (Å²) in [5, 5.41) is 13.3. The summed E-state index contributed by atoms with van der Waals surface area (Å²) in [4.78, 5) is 24.0. The third kappa shape index (κ3) is 5.21. The first-order chi connectivity index (χ1) is 10.8. The number of carbonyl (C=O) groups is 2. The maximum Gasteiger partial charge on any atom is 0.240 e. The fourth-order valence-corrected chi connectivity index (χ4v) is 3.08. The van der Waals surface area contributed by atoms with Crippen molar-refractivity contribution >= 4 is 40.1 Å². The van der Waals surface area contributed by atoms with Gasteiger partial charge in [-0.3, -0.25) is 9.59 Å². The van der Waals surface area contributed by atoms with Crippen LogP contribution in [-0.2, 0) is 9.59 Å². The first-order valence-electron chi connectivity index (χ1n) is 7.28. The summed E-state index contributed by atoms with van der Waals surface area (Å²) in [5.74, 6) is -0.410. The third-order valence-corrected chi connectivity index (χ3v) is 4.07. The van der Waals surface area contributed by atoms with E-state index in [1.807, 2.05) is 45.9 Å². The van der Waals surface area contributed by atoms with Gasteiger partial charge in [0.1, 0.15) is 5.25 Å². The summed E-state index contributed by atoms with van der Waals surface area (Å²) < 4.78 is 0. The Kier molecular flexibility index (Phi) is 5.54. The molecule has 1 aromatic carbocycles. The number of rotatable bonds is 4. The topological polar surface area (TPSA) is 82.9 Å². The molecule has 1 aromatic rings. The highest BCUT2D eigenvalue weighted by molar-refractivity contribution is 8.15. The molecule has 23 heavy (non-hydrogen) atoms. The van der Waals surface area contributed by atoms with Gasteiger partial charge in [-0.2, -0.15) is 5.10 Å². The number of hydrogen-bond donors (Lipinski definition) is 2. The van der Waals surface area contributed by atoms with E-state index in [2.05, 4.69) is 20.8 Å². The van der Waals surface area contributed by atoms with Gasteiger partial charge in [-0.15, -0.1) is 5.10 Å². The van der Waals surface area contributed by atoms with Gasteiger partial charge >= 0.3 is 0 Å². The molecule has 0 aliphatic carbocycles. The van der Waals surface area contributed by atoms with Gasteiger partial charge in [0, 0.05) is 17.8 Å². The Morgan fingerprint density at radius 2 is 1.91 bits per heavy atom. The molecule has 1 heterocycles. The number of amidine groups is 1. The zero-order chi connectivity index (χ0) is 17.0. The van der Waals surface area contributed by atoms with Crippen LogP contribution >= 0.6 is 11.8 Å². The summed E-state index contributed by atoms with van der Waals surface area (Å²) in [6, 6.07) is 5.84. The molecule has 1 aliphatic rings. The zero-order valence-electron chi connectivity index (χ0n) is 13.6. The molecule has 2 N–H and O–H groups in total. The molecule has 1 atom stereocenters. The Bertz CT molecular complexity index is 673. The molecule has 2 rings (SSSR count). The summed E-state index contributed by atoms with van der Waals surface area (Å²) >= 11 is 1.23. The van der Waals surface area contributed by atoms with Crippen molar-refractivity contribution in [2.45, 2.75) is 39.4 Å². The molecule has 2 amide bonds. The average molecular weight is 332 g/mol. The van der Waals surface area contributed by atoms with Gasteiger partial charge in [-0.1, -0.05) is 17.8 Å². The summed E-state index contributed by atoms with van der Waals surface area (Å²) in [7, 11) is 0. The van der Waals surface area contributed by atoms with Crippen molar-refractivity contribution in [3.05, 3.63) is 29.3 Å². The zero-order valence-corrected chi connectivity index (χ0v) is 14.5. The Labute approximate surface area is 139 Å². The number of nitrogens with one attached hydrogen (secondary N) is 2. The van der Waals surface area contributed by atoms with E-state index >= 15 is 0 Å². The van der Waals surface area contributed by atoms with E-state index in [9.17, 15) is 9.59 Å². The van der Waals surface area contributed by atoms with Gasteiger partial charge in [-0.25, -0.2) is 0 Å². The minimum atomic E-state index is -0.480. The number of nitrogens with zero attached hydrogens (tertiary/aromatic N) is 2. The van der Waals surface area contributed by atoms with Crippen LogP contribution in [0.4, 0.5) is 5.69 Å². The first-order valence-corrected chi connectivity index (χ1v) is 8.16. The molecular formula is C16H20N4O2S. The van der Waals surface area contributed by atoms with Gasteiger partial charge in [0.25, 0.3) is 0 Å². The van der Waals surface area contributed by atoms with Crippen molar-refractivity contribution in [3.8, 4) is 0 Å². The molecule has 1 fully saturated rings. The monoisotopic (exact) mass is 332 g/mol. The van der Waals surface area contributed by atoms with Gasteiger partial charge in [0.15, 0.2) is 5.17 Å². The quantitative estimate of drug-likeness (QED) is 0.657. The number of benzene rings is 1. The van der Waals surface area contributed by atoms with Crippen molar-refractivity contribution in [1.29, 1.82) is 0 Å². The van der Waals surface area contributed by atoms with Gasteiger partial charge < -0.3 is 10.6 Å². The second-order valence-corrected chi connectivity index (χ2v) is 6.87. The minimum Gasteiger partial charge on any atom is -0.326 e. The molecule has 122 valence electrons. The number of carbonyl (C=O) groups excluding carboxylic acids is 2. The van der Waals surface area contributed by atoms with E-state index in [1.165, 1.54) is 11.8 Å². The Morgan fingerprint density at radius 3 is 2.52 bits per heavy atom. The molecule has 0 bridgehead atoms. The molecule has 7 heteroatoms. The van der Waals surface area contributed by atoms with Crippen LogP contribution in [0.1, 0.15) is 31.4 Å². The Morgan fingerprint density at radius 1 is 1.26 bits per heavy atom. The van der Waals surface area contributed by atoms with E-state index in [0.717, 1.165) is 22.5 Å². The SMILES string of the molecule is CC(C)=N/N=C1\NC(=O)[C@H](CC(=O)Nc2cc(C)cc(C)c2)S1. The van der Waals surface area contributed by atoms with Crippen LogP contribution in [0.3, 0.4) is 0 Å². The highest BCUT2D eigenvalue weighted by Gasteiger charge is 2.32. The van der Waals surface area contributed by atoms with Crippen LogP contribution in [-0.4, -0.2) is 27.9 Å². The van der Waals surface area contributed by atoms with Crippen molar-refractivity contribution < 1.29 is 9.59 Å². The summed E-state index contributed by atoms with van der Waals surface area (Å²) in [5.41, 5.74) is 3.70. The van der Waals surface area contributed by atoms with Crippen molar-refractivity contribution in [3.63, 3.8) is 0 Å². The maximum atomic E-state index is 12.1. The third-order valence-electron chi connectivity index (χ3n) is 2.99. The molecule has 0 spiro atoms. The smallest absolute Gasteiger partial charge is 0.240 e. The van der Waals surface area contributed by atoms with E-state index < -0.39 is 5.25 Å². The van der Waals surface area contributed by atoms with E-state index in [1.54, 1.807) is 0 Å². The molecular weight excluding hydrogens is 312 g/mol. The van der Waals surface area contributed by atoms with E-state index in [-0.39, 0.29) is 18.2 Å². The number of hydrogen-bond acceptors (Lipinski definition) is 5. The lowest BCUT2D eigenvalue weighted by atomic mass is 10.1. The van der Waals surface area contributed by atoms with Gasteiger partial charge in [0.05, 0.1) is 0 Å². The lowest BCUT2D eigenvalue weighted by Crippen LogP contribution is -2.28. The van der Waals surface area contributed by atoms with Crippen LogP contribution < -0.4 is 10.6 Å². The van der Waals surface area contributed by atoms with Crippen molar-refractivity contribution in [2.75, 3.05) is 5.32 Å². The van der Waals surface area contributed by atoms with Gasteiger partial charge in [0.2, 0.25) is 11.8 Å². The molecule has 0 aromatic heterocycles. The summed E-state index contributed by atoms with van der Waals surface area (Å²) in [6.07, 6.45) is 0.0946. The Hall–Kier alpha value is -2.15. The lowest BCUT2D eigenvalue weighted by molar-refractivity contribution is -0.122. The van der Waals surface area contributed by atoms with Crippen LogP contribution in [0, 0.1) is 13.8 Å². The normalized spacial score (nSPS) is 18.7. The standard InChI is InChI=1S/C16H20N4O2S/c1-9(2)19-20-16-18-15(22)13(23-16)8-14(21)17-12-6-10(3)5-11(4)7-12/h5-7,13H,8H2,1-4H3,(H,17,21)(H,18,20,22)/t13-/m0/s1. The maximum absolute atomic E-state index is 12.1. The van der Waals surface area contributed by atoms with E-state index in [0.29, 0.717) is 5.17 Å². The molecule has 0 unspecified atom stereocenters. The fraction of sp³-hybridized carbons (Fsp3) is 0.375. The Balaban J connectivity index is 1.96. The lowest BCUT2D eigenvalue weighted by Gasteiger charge is -2.09. The largest absolute Gasteiger partial charge is 0.326 e.